The molecular weight excluding hydrogens is 212 g/mol. The molecule has 1 heterocycles. The Kier molecular flexibility index (Phi) is 3.17. The van der Waals surface area contributed by atoms with Crippen molar-refractivity contribution in [1.29, 1.82) is 0 Å². The van der Waals surface area contributed by atoms with E-state index in [1.165, 1.54) is 5.56 Å². The highest BCUT2D eigenvalue weighted by Gasteiger charge is 2.33. The molecule has 17 heavy (non-hydrogen) atoms. The van der Waals surface area contributed by atoms with E-state index in [0.29, 0.717) is 0 Å². The molecule has 1 aromatic rings. The molecule has 2 rings (SSSR count). The number of ether oxygens (including phenoxy) is 1. The van der Waals surface area contributed by atoms with Gasteiger partial charge in [-0.05, 0) is 25.3 Å². The van der Waals surface area contributed by atoms with Crippen LogP contribution >= 0.6 is 0 Å². The van der Waals surface area contributed by atoms with Crippen LogP contribution in [0, 0.1) is 5.92 Å². The number of aliphatic hydroxyl groups is 1. The van der Waals surface area contributed by atoms with Gasteiger partial charge in [0.1, 0.15) is 11.4 Å². The SMILES string of the molecule is CCC(C)C(O)c1cccc2c1OC(C)(C)C2. The fourth-order valence-electron chi connectivity index (χ4n) is 2.40. The second-order valence-electron chi connectivity index (χ2n) is 5.70. The summed E-state index contributed by atoms with van der Waals surface area (Å²) in [4.78, 5) is 0. The van der Waals surface area contributed by atoms with Crippen molar-refractivity contribution in [3.8, 4) is 5.75 Å². The monoisotopic (exact) mass is 234 g/mol. The van der Waals surface area contributed by atoms with Crippen LogP contribution in [0.2, 0.25) is 0 Å². The minimum absolute atomic E-state index is 0.145. The van der Waals surface area contributed by atoms with Crippen molar-refractivity contribution < 1.29 is 9.84 Å². The molecule has 0 bridgehead atoms. The summed E-state index contributed by atoms with van der Waals surface area (Å²) in [5.41, 5.74) is 2.02. The molecule has 1 aromatic carbocycles. The second-order valence-corrected chi connectivity index (χ2v) is 5.70. The molecule has 2 nitrogen and oxygen atoms in total. The van der Waals surface area contributed by atoms with Crippen molar-refractivity contribution >= 4 is 0 Å². The molecule has 0 fully saturated rings. The van der Waals surface area contributed by atoms with Crippen LogP contribution in [-0.4, -0.2) is 10.7 Å². The van der Waals surface area contributed by atoms with Crippen molar-refractivity contribution in [2.24, 2.45) is 5.92 Å². The van der Waals surface area contributed by atoms with E-state index in [1.54, 1.807) is 0 Å². The number of para-hydroxylation sites is 1. The molecule has 1 aliphatic heterocycles. The molecule has 1 N–H and O–H groups in total. The summed E-state index contributed by atoms with van der Waals surface area (Å²) in [5.74, 6) is 1.17. The lowest BCUT2D eigenvalue weighted by Crippen LogP contribution is -2.25. The molecule has 2 heteroatoms. The smallest absolute Gasteiger partial charge is 0.129 e. The standard InChI is InChI=1S/C15H22O2/c1-5-10(2)13(16)12-8-6-7-11-9-15(3,4)17-14(11)12/h6-8,10,13,16H,5,9H2,1-4H3. The first kappa shape index (κ1) is 12.4. The van der Waals surface area contributed by atoms with E-state index in [0.717, 1.165) is 24.2 Å². The van der Waals surface area contributed by atoms with Crippen LogP contribution in [-0.2, 0) is 6.42 Å². The Morgan fingerprint density at radius 3 is 2.76 bits per heavy atom. The summed E-state index contributed by atoms with van der Waals surface area (Å²) in [6, 6.07) is 6.10. The molecule has 0 aromatic heterocycles. The van der Waals surface area contributed by atoms with E-state index in [4.69, 9.17) is 4.74 Å². The third kappa shape index (κ3) is 2.32. The first-order chi connectivity index (χ1) is 7.94. The number of fused-ring (bicyclic) bond motifs is 1. The van der Waals surface area contributed by atoms with Crippen molar-refractivity contribution in [3.63, 3.8) is 0 Å². The van der Waals surface area contributed by atoms with Gasteiger partial charge in [0.15, 0.2) is 0 Å². The van der Waals surface area contributed by atoms with Crippen molar-refractivity contribution in [3.05, 3.63) is 29.3 Å². The molecule has 0 saturated carbocycles. The largest absolute Gasteiger partial charge is 0.487 e. The average molecular weight is 234 g/mol. The normalized spacial score (nSPS) is 20.5. The Labute approximate surface area is 104 Å². The average Bonchev–Trinajstić information content (AvgIpc) is 2.60. The van der Waals surface area contributed by atoms with E-state index in [2.05, 4.69) is 33.8 Å². The zero-order chi connectivity index (χ0) is 12.6. The van der Waals surface area contributed by atoms with Gasteiger partial charge in [0.05, 0.1) is 6.10 Å². The maximum absolute atomic E-state index is 10.3. The molecule has 0 radical (unpaired) electrons. The summed E-state index contributed by atoms with van der Waals surface area (Å²) in [6.07, 6.45) is 1.46. The van der Waals surface area contributed by atoms with Crippen LogP contribution in [0.1, 0.15) is 51.3 Å². The van der Waals surface area contributed by atoms with E-state index >= 15 is 0 Å². The van der Waals surface area contributed by atoms with Crippen LogP contribution in [0.15, 0.2) is 18.2 Å². The summed E-state index contributed by atoms with van der Waals surface area (Å²) in [6.45, 7) is 8.35. The molecule has 2 atom stereocenters. The van der Waals surface area contributed by atoms with Gasteiger partial charge in [0.2, 0.25) is 0 Å². The highest BCUT2D eigenvalue weighted by molar-refractivity contribution is 5.46. The Hall–Kier alpha value is -1.02. The number of rotatable bonds is 3. The lowest BCUT2D eigenvalue weighted by atomic mass is 9.92. The Bertz CT molecular complexity index is 409. The summed E-state index contributed by atoms with van der Waals surface area (Å²) < 4.78 is 5.98. The van der Waals surface area contributed by atoms with Gasteiger partial charge in [0, 0.05) is 12.0 Å². The topological polar surface area (TPSA) is 29.5 Å². The number of benzene rings is 1. The minimum atomic E-state index is -0.427. The maximum atomic E-state index is 10.3. The fourth-order valence-corrected chi connectivity index (χ4v) is 2.40. The van der Waals surface area contributed by atoms with Crippen molar-refractivity contribution in [1.82, 2.24) is 0 Å². The van der Waals surface area contributed by atoms with Gasteiger partial charge < -0.3 is 9.84 Å². The van der Waals surface area contributed by atoms with Gasteiger partial charge in [-0.3, -0.25) is 0 Å². The molecule has 2 unspecified atom stereocenters. The van der Waals surface area contributed by atoms with Crippen LogP contribution in [0.25, 0.3) is 0 Å². The van der Waals surface area contributed by atoms with E-state index in [1.807, 2.05) is 12.1 Å². The number of hydrogen-bond donors (Lipinski definition) is 1. The number of hydrogen-bond acceptors (Lipinski definition) is 2. The molecule has 0 spiro atoms. The van der Waals surface area contributed by atoms with Crippen LogP contribution < -0.4 is 4.74 Å². The lowest BCUT2D eigenvalue weighted by Gasteiger charge is -2.22. The minimum Gasteiger partial charge on any atom is -0.487 e. The highest BCUT2D eigenvalue weighted by Crippen LogP contribution is 2.41. The first-order valence-electron chi connectivity index (χ1n) is 6.43. The predicted molar refractivity (Wildman–Crippen MR) is 69.3 cm³/mol. The molecule has 94 valence electrons. The molecule has 0 aliphatic carbocycles. The molecule has 1 aliphatic rings. The van der Waals surface area contributed by atoms with E-state index in [-0.39, 0.29) is 11.5 Å². The summed E-state index contributed by atoms with van der Waals surface area (Å²) >= 11 is 0. The predicted octanol–water partition coefficient (Wildman–Crippen LogP) is 3.48. The zero-order valence-electron chi connectivity index (χ0n) is 11.2. The second kappa shape index (κ2) is 4.34. The quantitative estimate of drug-likeness (QED) is 0.867. The first-order valence-corrected chi connectivity index (χ1v) is 6.43. The maximum Gasteiger partial charge on any atom is 0.129 e. The lowest BCUT2D eigenvalue weighted by molar-refractivity contribution is 0.0997. The summed E-state index contributed by atoms with van der Waals surface area (Å²) in [7, 11) is 0. The molecular formula is C15H22O2. The van der Waals surface area contributed by atoms with Gasteiger partial charge >= 0.3 is 0 Å². The zero-order valence-corrected chi connectivity index (χ0v) is 11.2. The van der Waals surface area contributed by atoms with E-state index in [9.17, 15) is 5.11 Å². The Morgan fingerprint density at radius 2 is 2.12 bits per heavy atom. The third-order valence-electron chi connectivity index (χ3n) is 3.62. The van der Waals surface area contributed by atoms with Gasteiger partial charge in [-0.25, -0.2) is 0 Å². The van der Waals surface area contributed by atoms with Crippen molar-refractivity contribution in [2.75, 3.05) is 0 Å². The summed E-state index contributed by atoms with van der Waals surface area (Å²) in [5, 5.41) is 10.3. The van der Waals surface area contributed by atoms with Crippen LogP contribution in [0.3, 0.4) is 0 Å². The highest BCUT2D eigenvalue weighted by atomic mass is 16.5. The van der Waals surface area contributed by atoms with Crippen molar-refractivity contribution in [2.45, 2.75) is 52.2 Å². The van der Waals surface area contributed by atoms with Gasteiger partial charge in [-0.2, -0.15) is 0 Å². The van der Waals surface area contributed by atoms with Gasteiger partial charge in [0.25, 0.3) is 0 Å². The fraction of sp³-hybridized carbons (Fsp3) is 0.600. The van der Waals surface area contributed by atoms with Gasteiger partial charge in [-0.15, -0.1) is 0 Å². The Morgan fingerprint density at radius 1 is 1.41 bits per heavy atom. The van der Waals surface area contributed by atoms with Gasteiger partial charge in [-0.1, -0.05) is 38.5 Å². The van der Waals surface area contributed by atoms with E-state index < -0.39 is 6.10 Å². The number of aliphatic hydroxyl groups excluding tert-OH is 1. The Balaban J connectivity index is 2.36. The van der Waals surface area contributed by atoms with Crippen LogP contribution in [0.5, 0.6) is 5.75 Å². The third-order valence-corrected chi connectivity index (χ3v) is 3.62. The van der Waals surface area contributed by atoms with Crippen LogP contribution in [0.4, 0.5) is 0 Å². The molecule has 0 saturated heterocycles. The molecule has 0 amide bonds.